The van der Waals surface area contributed by atoms with Gasteiger partial charge in [0.1, 0.15) is 5.76 Å². The molecule has 1 N–H and O–H groups in total. The van der Waals surface area contributed by atoms with Crippen molar-refractivity contribution >= 4 is 0 Å². The number of rotatable bonds is 9. The van der Waals surface area contributed by atoms with E-state index >= 15 is 0 Å². The second-order valence-electron chi connectivity index (χ2n) is 6.07. The summed E-state index contributed by atoms with van der Waals surface area (Å²) in [4.78, 5) is 0. The predicted octanol–water partition coefficient (Wildman–Crippen LogP) is 4.96. The molecule has 1 unspecified atom stereocenters. The van der Waals surface area contributed by atoms with Gasteiger partial charge in [-0.1, -0.05) is 43.3 Å². The molecule has 0 saturated heterocycles. The number of ether oxygens (including phenoxy) is 2. The van der Waals surface area contributed by atoms with Gasteiger partial charge in [0.05, 0.1) is 26.0 Å². The molecule has 3 aromatic rings. The smallest absolute Gasteiger partial charge is 0.161 e. The van der Waals surface area contributed by atoms with E-state index in [0.717, 1.165) is 29.2 Å². The fraction of sp³-hybridized carbons (Fsp3) is 0.273. The van der Waals surface area contributed by atoms with Gasteiger partial charge in [-0.05, 0) is 41.8 Å². The Morgan fingerprint density at radius 2 is 1.85 bits per heavy atom. The van der Waals surface area contributed by atoms with E-state index in [-0.39, 0.29) is 6.04 Å². The highest BCUT2D eigenvalue weighted by molar-refractivity contribution is 5.43. The van der Waals surface area contributed by atoms with Crippen molar-refractivity contribution in [3.05, 3.63) is 83.8 Å². The van der Waals surface area contributed by atoms with E-state index < -0.39 is 0 Å². The lowest BCUT2D eigenvalue weighted by molar-refractivity contribution is 0.294. The summed E-state index contributed by atoms with van der Waals surface area (Å²) < 4.78 is 16.8. The van der Waals surface area contributed by atoms with Crippen LogP contribution in [0.3, 0.4) is 0 Å². The first-order valence-corrected chi connectivity index (χ1v) is 8.93. The fourth-order valence-corrected chi connectivity index (χ4v) is 2.86. The highest BCUT2D eigenvalue weighted by Gasteiger charge is 2.16. The summed E-state index contributed by atoms with van der Waals surface area (Å²) in [6, 6.07) is 20.2. The molecule has 26 heavy (non-hydrogen) atoms. The maximum Gasteiger partial charge on any atom is 0.161 e. The Morgan fingerprint density at radius 3 is 2.54 bits per heavy atom. The van der Waals surface area contributed by atoms with Gasteiger partial charge in [0, 0.05) is 6.54 Å². The summed E-state index contributed by atoms with van der Waals surface area (Å²) in [6.45, 7) is 3.45. The highest BCUT2D eigenvalue weighted by Crippen LogP contribution is 2.29. The molecule has 1 heterocycles. The quantitative estimate of drug-likeness (QED) is 0.592. The van der Waals surface area contributed by atoms with Crippen LogP contribution in [-0.4, -0.2) is 13.7 Å². The van der Waals surface area contributed by atoms with E-state index in [4.69, 9.17) is 13.9 Å². The van der Waals surface area contributed by atoms with Crippen LogP contribution in [0.25, 0.3) is 0 Å². The minimum absolute atomic E-state index is 0.00619. The Balaban J connectivity index is 1.77. The Bertz CT molecular complexity index is 784. The third-order valence-electron chi connectivity index (χ3n) is 4.16. The van der Waals surface area contributed by atoms with Gasteiger partial charge >= 0.3 is 0 Å². The first kappa shape index (κ1) is 18.1. The number of benzene rings is 2. The van der Waals surface area contributed by atoms with Crippen molar-refractivity contribution in [2.45, 2.75) is 25.9 Å². The zero-order valence-corrected chi connectivity index (χ0v) is 15.3. The van der Waals surface area contributed by atoms with E-state index in [1.54, 1.807) is 13.4 Å². The van der Waals surface area contributed by atoms with Gasteiger partial charge in [0.2, 0.25) is 0 Å². The van der Waals surface area contributed by atoms with E-state index in [1.165, 1.54) is 5.56 Å². The minimum atomic E-state index is -0.00619. The van der Waals surface area contributed by atoms with Crippen LogP contribution in [0, 0.1) is 0 Å². The molecule has 0 spiro atoms. The summed E-state index contributed by atoms with van der Waals surface area (Å²) in [7, 11) is 1.66. The summed E-state index contributed by atoms with van der Waals surface area (Å²) in [5.74, 6) is 2.43. The van der Waals surface area contributed by atoms with Crippen LogP contribution < -0.4 is 14.8 Å². The lowest BCUT2D eigenvalue weighted by Crippen LogP contribution is -2.21. The molecule has 0 aliphatic carbocycles. The molecule has 0 aliphatic rings. The SMILES string of the molecule is CCCOc1cc(CNC(c2ccccc2)c2ccco2)ccc1OC. The van der Waals surface area contributed by atoms with Crippen molar-refractivity contribution in [1.29, 1.82) is 0 Å². The lowest BCUT2D eigenvalue weighted by atomic mass is 10.0. The Morgan fingerprint density at radius 1 is 1.00 bits per heavy atom. The molecule has 1 aromatic heterocycles. The van der Waals surface area contributed by atoms with Gasteiger partial charge in [-0.2, -0.15) is 0 Å². The number of methoxy groups -OCH3 is 1. The van der Waals surface area contributed by atoms with E-state index in [2.05, 4.69) is 30.4 Å². The summed E-state index contributed by atoms with van der Waals surface area (Å²) in [5.41, 5.74) is 2.29. The lowest BCUT2D eigenvalue weighted by Gasteiger charge is -2.18. The van der Waals surface area contributed by atoms with E-state index in [9.17, 15) is 0 Å². The van der Waals surface area contributed by atoms with Crippen molar-refractivity contribution in [3.63, 3.8) is 0 Å². The first-order valence-electron chi connectivity index (χ1n) is 8.93. The van der Waals surface area contributed by atoms with Crippen molar-refractivity contribution in [2.75, 3.05) is 13.7 Å². The molecular formula is C22H25NO3. The number of nitrogens with one attached hydrogen (secondary N) is 1. The Hall–Kier alpha value is -2.72. The molecule has 0 radical (unpaired) electrons. The van der Waals surface area contributed by atoms with Crippen molar-refractivity contribution in [1.82, 2.24) is 5.32 Å². The van der Waals surface area contributed by atoms with Crippen molar-refractivity contribution < 1.29 is 13.9 Å². The third kappa shape index (κ3) is 4.46. The van der Waals surface area contributed by atoms with Gasteiger partial charge in [-0.15, -0.1) is 0 Å². The van der Waals surface area contributed by atoms with Gasteiger partial charge in [0.15, 0.2) is 11.5 Å². The molecule has 0 aliphatic heterocycles. The van der Waals surface area contributed by atoms with Gasteiger partial charge in [-0.3, -0.25) is 5.32 Å². The molecule has 1 atom stereocenters. The zero-order chi connectivity index (χ0) is 18.2. The number of hydrogen-bond donors (Lipinski definition) is 1. The highest BCUT2D eigenvalue weighted by atomic mass is 16.5. The van der Waals surface area contributed by atoms with Crippen LogP contribution in [0.2, 0.25) is 0 Å². The third-order valence-corrected chi connectivity index (χ3v) is 4.16. The molecule has 4 heteroatoms. The Labute approximate surface area is 154 Å². The molecule has 3 rings (SSSR count). The molecular weight excluding hydrogens is 326 g/mol. The van der Waals surface area contributed by atoms with Crippen LogP contribution in [0.4, 0.5) is 0 Å². The molecule has 0 amide bonds. The van der Waals surface area contributed by atoms with Crippen molar-refractivity contribution in [2.24, 2.45) is 0 Å². The largest absolute Gasteiger partial charge is 0.493 e. The summed E-state index contributed by atoms with van der Waals surface area (Å²) >= 11 is 0. The minimum Gasteiger partial charge on any atom is -0.493 e. The molecule has 0 saturated carbocycles. The van der Waals surface area contributed by atoms with Crippen LogP contribution in [0.1, 0.15) is 36.3 Å². The topological polar surface area (TPSA) is 43.6 Å². The first-order chi connectivity index (χ1) is 12.8. The second-order valence-corrected chi connectivity index (χ2v) is 6.07. The monoisotopic (exact) mass is 351 g/mol. The van der Waals surface area contributed by atoms with Crippen molar-refractivity contribution in [3.8, 4) is 11.5 Å². The van der Waals surface area contributed by atoms with Crippen LogP contribution in [0.5, 0.6) is 11.5 Å². The van der Waals surface area contributed by atoms with Gasteiger partial charge in [-0.25, -0.2) is 0 Å². The standard InChI is InChI=1S/C22H25NO3/c1-3-13-25-21-15-17(11-12-19(21)24-2)16-23-22(20-10-7-14-26-20)18-8-5-4-6-9-18/h4-12,14-15,22-23H,3,13,16H2,1-2H3. The second kappa shape index (κ2) is 9.11. The summed E-state index contributed by atoms with van der Waals surface area (Å²) in [5, 5.41) is 3.59. The molecule has 0 bridgehead atoms. The van der Waals surface area contributed by atoms with Gasteiger partial charge < -0.3 is 13.9 Å². The van der Waals surface area contributed by atoms with Gasteiger partial charge in [0.25, 0.3) is 0 Å². The molecule has 0 fully saturated rings. The molecule has 136 valence electrons. The maximum atomic E-state index is 5.81. The van der Waals surface area contributed by atoms with E-state index in [1.807, 2.05) is 42.5 Å². The average Bonchev–Trinajstić information content (AvgIpc) is 3.22. The summed E-state index contributed by atoms with van der Waals surface area (Å²) in [6.07, 6.45) is 2.66. The zero-order valence-electron chi connectivity index (χ0n) is 15.3. The normalized spacial score (nSPS) is 11.9. The average molecular weight is 351 g/mol. The number of furan rings is 1. The molecule has 4 nitrogen and oxygen atoms in total. The number of hydrogen-bond acceptors (Lipinski definition) is 4. The van der Waals surface area contributed by atoms with Crippen LogP contribution in [0.15, 0.2) is 71.3 Å². The van der Waals surface area contributed by atoms with Crippen LogP contribution >= 0.6 is 0 Å². The predicted molar refractivity (Wildman–Crippen MR) is 103 cm³/mol. The maximum absolute atomic E-state index is 5.81. The molecule has 2 aromatic carbocycles. The fourth-order valence-electron chi connectivity index (χ4n) is 2.86. The van der Waals surface area contributed by atoms with E-state index in [0.29, 0.717) is 13.2 Å². The van der Waals surface area contributed by atoms with Crippen LogP contribution in [-0.2, 0) is 6.54 Å². The Kier molecular flexibility index (Phi) is 6.34.